The van der Waals surface area contributed by atoms with Crippen LogP contribution in [0.3, 0.4) is 0 Å². The van der Waals surface area contributed by atoms with E-state index in [2.05, 4.69) is 27.4 Å². The molecule has 0 fully saturated rings. The Labute approximate surface area is 183 Å². The third-order valence-electron chi connectivity index (χ3n) is 4.79. The summed E-state index contributed by atoms with van der Waals surface area (Å²) in [4.78, 5) is 21.2. The Balaban J connectivity index is 1.90. The number of rotatable bonds is 5. The molecule has 1 N–H and O–H groups in total. The number of benzene rings is 1. The Morgan fingerprint density at radius 2 is 1.74 bits per heavy atom. The van der Waals surface area contributed by atoms with Gasteiger partial charge in [0.15, 0.2) is 0 Å². The van der Waals surface area contributed by atoms with Gasteiger partial charge in [-0.15, -0.1) is 0 Å². The number of nitrogens with one attached hydrogen (secondary N) is 1. The van der Waals surface area contributed by atoms with Crippen molar-refractivity contribution in [2.45, 2.75) is 32.7 Å². The highest BCUT2D eigenvalue weighted by atomic mass is 32.2. The molecule has 2 heterocycles. The van der Waals surface area contributed by atoms with E-state index in [-0.39, 0.29) is 17.5 Å². The van der Waals surface area contributed by atoms with Crippen LogP contribution in [-0.2, 0) is 4.79 Å². The van der Waals surface area contributed by atoms with Crippen LogP contribution in [0.1, 0.15) is 33.9 Å². The Morgan fingerprint density at radius 3 is 2.35 bits per heavy atom. The number of nitrogens with zero attached hydrogens (tertiary/aromatic N) is 5. The number of aromatic nitrogens is 3. The largest absolute Gasteiger partial charge is 0.310 e. The topological polar surface area (TPSA) is 107 Å². The van der Waals surface area contributed by atoms with E-state index < -0.39 is 0 Å². The molecule has 3 aromatic rings. The number of amides is 1. The number of carbonyl (C=O) groups is 1. The van der Waals surface area contributed by atoms with Crippen LogP contribution in [0.25, 0.3) is 5.69 Å². The van der Waals surface area contributed by atoms with Crippen molar-refractivity contribution in [3.05, 3.63) is 64.0 Å². The fourth-order valence-corrected chi connectivity index (χ4v) is 4.06. The summed E-state index contributed by atoms with van der Waals surface area (Å²) < 4.78 is 15.1. The summed E-state index contributed by atoms with van der Waals surface area (Å²) >= 11 is 1.13. The first-order chi connectivity index (χ1) is 14.8. The van der Waals surface area contributed by atoms with E-state index in [9.17, 15) is 19.7 Å². The number of hydrogen-bond donors (Lipinski definition) is 1. The van der Waals surface area contributed by atoms with Crippen LogP contribution in [0.5, 0.6) is 0 Å². The first kappa shape index (κ1) is 22.0. The van der Waals surface area contributed by atoms with Crippen molar-refractivity contribution < 1.29 is 9.18 Å². The lowest BCUT2D eigenvalue weighted by Gasteiger charge is -2.13. The maximum atomic E-state index is 13.4. The van der Waals surface area contributed by atoms with Crippen molar-refractivity contribution in [3.8, 4) is 17.8 Å². The molecule has 7 nitrogen and oxygen atoms in total. The van der Waals surface area contributed by atoms with Crippen molar-refractivity contribution >= 4 is 23.5 Å². The molecule has 1 amide bonds. The van der Waals surface area contributed by atoms with Crippen molar-refractivity contribution in [2.75, 3.05) is 11.1 Å². The van der Waals surface area contributed by atoms with Crippen molar-refractivity contribution in [2.24, 2.45) is 0 Å². The highest BCUT2D eigenvalue weighted by Crippen LogP contribution is 2.30. The molecule has 3 rings (SSSR count). The minimum Gasteiger partial charge on any atom is -0.310 e. The Kier molecular flexibility index (Phi) is 6.38. The number of carbonyl (C=O) groups excluding carboxylic acids is 1. The zero-order chi connectivity index (χ0) is 22.7. The van der Waals surface area contributed by atoms with E-state index in [4.69, 9.17) is 0 Å². The molecule has 2 aromatic heterocycles. The maximum Gasteiger partial charge on any atom is 0.235 e. The second kappa shape index (κ2) is 8.99. The van der Waals surface area contributed by atoms with E-state index in [0.29, 0.717) is 39.2 Å². The number of halogens is 1. The molecule has 0 bridgehead atoms. The fourth-order valence-electron chi connectivity index (χ4n) is 3.19. The number of hydrogen-bond acceptors (Lipinski definition) is 6. The molecule has 0 saturated carbocycles. The molecule has 0 atom stereocenters. The van der Waals surface area contributed by atoms with Gasteiger partial charge in [0, 0.05) is 11.4 Å². The summed E-state index contributed by atoms with van der Waals surface area (Å²) in [5.41, 5.74) is 3.35. The Morgan fingerprint density at radius 1 is 1.10 bits per heavy atom. The molecule has 0 radical (unpaired) electrons. The molecular formula is C22H19FN6OS. The van der Waals surface area contributed by atoms with Gasteiger partial charge in [0.05, 0.1) is 17.0 Å². The highest BCUT2D eigenvalue weighted by molar-refractivity contribution is 8.00. The van der Waals surface area contributed by atoms with Crippen LogP contribution in [0.2, 0.25) is 0 Å². The van der Waals surface area contributed by atoms with E-state index in [1.165, 1.54) is 12.1 Å². The SMILES string of the molecule is Cc1nc(C)c(C#N)c(SCC(=O)Nc2c(C#N)c(C)c(C)n2-c2ccc(F)cc2)n1. The van der Waals surface area contributed by atoms with Gasteiger partial charge in [-0.1, -0.05) is 11.8 Å². The molecule has 156 valence electrons. The van der Waals surface area contributed by atoms with E-state index in [1.807, 2.05) is 6.92 Å². The Hall–Kier alpha value is -3.69. The van der Waals surface area contributed by atoms with E-state index >= 15 is 0 Å². The number of aryl methyl sites for hydroxylation is 2. The lowest BCUT2D eigenvalue weighted by molar-refractivity contribution is -0.113. The van der Waals surface area contributed by atoms with Gasteiger partial charge in [0.2, 0.25) is 5.91 Å². The smallest absolute Gasteiger partial charge is 0.235 e. The standard InChI is InChI=1S/C22H19FN6OS/c1-12-14(3)29(17-7-5-16(23)6-8-17)21(18(12)9-24)28-20(30)11-31-22-19(10-25)13(2)26-15(4)27-22/h5-8H,11H2,1-4H3,(H,28,30). The highest BCUT2D eigenvalue weighted by Gasteiger charge is 2.21. The summed E-state index contributed by atoms with van der Waals surface area (Å²) in [5, 5.41) is 22.2. The van der Waals surface area contributed by atoms with Crippen molar-refractivity contribution in [3.63, 3.8) is 0 Å². The molecule has 9 heteroatoms. The molecule has 0 aliphatic rings. The summed E-state index contributed by atoms with van der Waals surface area (Å²) in [6, 6.07) is 10.0. The average Bonchev–Trinajstić information content (AvgIpc) is 2.96. The molecule has 0 spiro atoms. The number of anilines is 1. The number of thioether (sulfide) groups is 1. The monoisotopic (exact) mass is 434 g/mol. The molecule has 31 heavy (non-hydrogen) atoms. The molecule has 0 aliphatic heterocycles. The zero-order valence-electron chi connectivity index (χ0n) is 17.4. The van der Waals surface area contributed by atoms with E-state index in [0.717, 1.165) is 23.0 Å². The molecule has 0 aliphatic carbocycles. The molecular weight excluding hydrogens is 415 g/mol. The lowest BCUT2D eigenvalue weighted by atomic mass is 10.2. The van der Waals surface area contributed by atoms with Gasteiger partial charge in [0.1, 0.15) is 40.2 Å². The van der Waals surface area contributed by atoms with Crippen LogP contribution in [0.4, 0.5) is 10.2 Å². The van der Waals surface area contributed by atoms with Gasteiger partial charge < -0.3 is 5.32 Å². The van der Waals surface area contributed by atoms with Crippen molar-refractivity contribution in [1.29, 1.82) is 10.5 Å². The minimum absolute atomic E-state index is 0.0118. The van der Waals surface area contributed by atoms with Crippen molar-refractivity contribution in [1.82, 2.24) is 14.5 Å². The van der Waals surface area contributed by atoms with E-state index in [1.54, 1.807) is 37.5 Å². The van der Waals surface area contributed by atoms with Gasteiger partial charge in [-0.3, -0.25) is 9.36 Å². The maximum absolute atomic E-state index is 13.4. The molecule has 1 aromatic carbocycles. The second-order valence-electron chi connectivity index (χ2n) is 6.84. The fraction of sp³-hybridized carbons (Fsp3) is 0.227. The van der Waals surface area contributed by atoms with Crippen LogP contribution >= 0.6 is 11.8 Å². The first-order valence-electron chi connectivity index (χ1n) is 9.32. The minimum atomic E-state index is -0.378. The van der Waals surface area contributed by atoms with Crippen LogP contribution in [0, 0.1) is 56.2 Å². The predicted molar refractivity (Wildman–Crippen MR) is 115 cm³/mol. The third kappa shape index (κ3) is 4.42. The Bertz CT molecular complexity index is 1250. The summed E-state index contributed by atoms with van der Waals surface area (Å²) in [5.74, 6) is 0.0897. The second-order valence-corrected chi connectivity index (χ2v) is 7.81. The molecule has 0 saturated heterocycles. The van der Waals surface area contributed by atoms with Gasteiger partial charge in [-0.25, -0.2) is 14.4 Å². The molecule has 0 unspecified atom stereocenters. The van der Waals surface area contributed by atoms with Gasteiger partial charge in [0.25, 0.3) is 0 Å². The lowest BCUT2D eigenvalue weighted by Crippen LogP contribution is -2.18. The summed E-state index contributed by atoms with van der Waals surface area (Å²) in [6.45, 7) is 7.07. The summed E-state index contributed by atoms with van der Waals surface area (Å²) in [6.07, 6.45) is 0. The third-order valence-corrected chi connectivity index (χ3v) is 5.76. The van der Waals surface area contributed by atoms with Gasteiger partial charge in [-0.2, -0.15) is 10.5 Å². The van der Waals surface area contributed by atoms with Gasteiger partial charge in [-0.05, 0) is 57.5 Å². The number of nitriles is 2. The van der Waals surface area contributed by atoms with Gasteiger partial charge >= 0.3 is 0 Å². The summed E-state index contributed by atoms with van der Waals surface area (Å²) in [7, 11) is 0. The zero-order valence-corrected chi connectivity index (χ0v) is 18.3. The van der Waals surface area contributed by atoms with Crippen LogP contribution in [0.15, 0.2) is 29.3 Å². The van der Waals surface area contributed by atoms with Crippen LogP contribution in [-0.4, -0.2) is 26.2 Å². The first-order valence-corrected chi connectivity index (χ1v) is 10.3. The average molecular weight is 435 g/mol. The predicted octanol–water partition coefficient (Wildman–Crippen LogP) is 4.11. The quantitative estimate of drug-likeness (QED) is 0.478. The normalized spacial score (nSPS) is 10.4. The van der Waals surface area contributed by atoms with Crippen LogP contribution < -0.4 is 5.32 Å².